The summed E-state index contributed by atoms with van der Waals surface area (Å²) in [6.45, 7) is 1.45. The number of hydrogen-bond acceptors (Lipinski definition) is 9. The van der Waals surface area contributed by atoms with E-state index in [1.807, 2.05) is 48.8 Å². The van der Waals surface area contributed by atoms with E-state index >= 15 is 0 Å². The summed E-state index contributed by atoms with van der Waals surface area (Å²) in [7, 11) is 0. The molecular weight excluding hydrogens is 650 g/mol. The molecule has 2 aliphatic carbocycles. The highest BCUT2D eigenvalue weighted by Gasteiger charge is 2.48. The number of aromatic nitrogens is 1. The lowest BCUT2D eigenvalue weighted by atomic mass is 9.94. The minimum Gasteiger partial charge on any atom is -0.490 e. The van der Waals surface area contributed by atoms with Crippen LogP contribution in [0.2, 0.25) is 5.02 Å². The number of aliphatic hydroxyl groups excluding tert-OH is 5. The summed E-state index contributed by atoms with van der Waals surface area (Å²) < 4.78 is 12.9. The van der Waals surface area contributed by atoms with Crippen molar-refractivity contribution in [2.45, 2.75) is 100 Å². The maximum absolute atomic E-state index is 12.3. The van der Waals surface area contributed by atoms with Gasteiger partial charge in [0.15, 0.2) is 0 Å². The van der Waals surface area contributed by atoms with Crippen molar-refractivity contribution in [3.05, 3.63) is 82.6 Å². The Kier molecular flexibility index (Phi) is 12.9. The van der Waals surface area contributed by atoms with Crippen LogP contribution in [0, 0.1) is 0 Å². The second-order valence-electron chi connectivity index (χ2n) is 13.2. The number of carbonyl (C=O) groups excluding carboxylic acids is 1. The third-order valence-corrected chi connectivity index (χ3v) is 9.73. The number of halogens is 1. The lowest BCUT2D eigenvalue weighted by Crippen LogP contribution is -2.56. The Morgan fingerprint density at radius 2 is 1.80 bits per heavy atom. The molecule has 0 spiro atoms. The smallest absolute Gasteiger partial charge is 0.315 e. The highest BCUT2D eigenvalue weighted by Crippen LogP contribution is 2.53. The highest BCUT2D eigenvalue weighted by atomic mass is 35.5. The van der Waals surface area contributed by atoms with Crippen molar-refractivity contribution in [1.29, 1.82) is 0 Å². The number of pyridine rings is 1. The molecule has 5 atom stereocenters. The first kappa shape index (κ1) is 37.0. The summed E-state index contributed by atoms with van der Waals surface area (Å²) in [6, 6.07) is 14.4. The molecule has 2 amide bonds. The molecule has 0 bridgehead atoms. The van der Waals surface area contributed by atoms with Crippen LogP contribution in [0.25, 0.3) is 11.1 Å². The summed E-state index contributed by atoms with van der Waals surface area (Å²) in [5.41, 5.74) is 4.83. The SMILES string of the molecule is C[C@H](CCCCNC(=O)N[C@@H](CO)[C@@H](O)[C@H](O)[C@H](O)CO)c1ccc(Cl)c(COC2(c3cnccc3-c3ccccc3OC3CC3)CC2)c1. The van der Waals surface area contributed by atoms with Crippen LogP contribution in [0.5, 0.6) is 5.75 Å². The summed E-state index contributed by atoms with van der Waals surface area (Å²) in [4.78, 5) is 16.7. The third-order valence-electron chi connectivity index (χ3n) is 9.36. The molecule has 7 N–H and O–H groups in total. The third kappa shape index (κ3) is 9.70. The van der Waals surface area contributed by atoms with Crippen molar-refractivity contribution < 1.29 is 39.8 Å². The average molecular weight is 698 g/mol. The molecule has 0 unspecified atom stereocenters. The zero-order valence-corrected chi connectivity index (χ0v) is 28.6. The Labute approximate surface area is 292 Å². The monoisotopic (exact) mass is 697 g/mol. The summed E-state index contributed by atoms with van der Waals surface area (Å²) in [6.07, 6.45) is 5.41. The second-order valence-corrected chi connectivity index (χ2v) is 13.6. The van der Waals surface area contributed by atoms with E-state index in [-0.39, 0.29) is 5.92 Å². The summed E-state index contributed by atoms with van der Waals surface area (Å²) in [5.74, 6) is 1.13. The molecule has 3 aromatic rings. The fourth-order valence-electron chi connectivity index (χ4n) is 5.96. The molecule has 0 saturated heterocycles. The van der Waals surface area contributed by atoms with Crippen LogP contribution in [0.3, 0.4) is 0 Å². The Morgan fingerprint density at radius 3 is 2.51 bits per heavy atom. The standard InChI is InChI=1S/C37H48ClN3O8/c1-23(6-4-5-16-40-36(47)41-31(20-42)34(45)35(46)32(44)21-43)24-9-12-30(38)25(18-24)22-48-37(14-15-37)29-19-39-17-13-27(29)28-7-2-3-8-33(28)49-26-10-11-26/h2-3,7-9,12-13,17-19,23,26,31-32,34-35,42-46H,4-6,10-11,14-16,20-22H2,1H3,(H2,40,41,47)/t23-,31+,32-,34-,35-/m1/s1. The van der Waals surface area contributed by atoms with Crippen molar-refractivity contribution in [2.24, 2.45) is 0 Å². The van der Waals surface area contributed by atoms with E-state index in [1.54, 1.807) is 0 Å². The molecule has 0 radical (unpaired) electrons. The van der Waals surface area contributed by atoms with Crippen LogP contribution in [0.4, 0.5) is 4.79 Å². The van der Waals surface area contributed by atoms with E-state index in [4.69, 9.17) is 26.2 Å². The number of unbranched alkanes of at least 4 members (excludes halogenated alkanes) is 1. The highest BCUT2D eigenvalue weighted by molar-refractivity contribution is 6.31. The number of nitrogens with zero attached hydrogens (tertiary/aromatic N) is 1. The Balaban J connectivity index is 1.12. The molecule has 11 nitrogen and oxygen atoms in total. The Hall–Kier alpha value is -3.29. The molecule has 2 fully saturated rings. The van der Waals surface area contributed by atoms with Crippen LogP contribution in [0.15, 0.2) is 60.9 Å². The first-order valence-corrected chi connectivity index (χ1v) is 17.5. The van der Waals surface area contributed by atoms with Gasteiger partial charge < -0.3 is 45.6 Å². The lowest BCUT2D eigenvalue weighted by molar-refractivity contribution is -0.0902. The van der Waals surface area contributed by atoms with Crippen LogP contribution in [0.1, 0.15) is 74.5 Å². The van der Waals surface area contributed by atoms with E-state index in [9.17, 15) is 25.2 Å². The molecule has 0 aliphatic heterocycles. The molecule has 2 aliphatic rings. The van der Waals surface area contributed by atoms with Gasteiger partial charge in [0.05, 0.1) is 37.6 Å². The number of ether oxygens (including phenoxy) is 2. The number of urea groups is 1. The average Bonchev–Trinajstić information content (AvgIpc) is 4.07. The molecule has 266 valence electrons. The van der Waals surface area contributed by atoms with Gasteiger partial charge in [-0.2, -0.15) is 0 Å². The van der Waals surface area contributed by atoms with Crippen molar-refractivity contribution >= 4 is 17.6 Å². The second kappa shape index (κ2) is 17.1. The van der Waals surface area contributed by atoms with Gasteiger partial charge >= 0.3 is 6.03 Å². The lowest BCUT2D eigenvalue weighted by Gasteiger charge is -2.28. The molecular formula is C37H48ClN3O8. The topological polar surface area (TPSA) is 174 Å². The van der Waals surface area contributed by atoms with E-state index in [2.05, 4.69) is 34.7 Å². The zero-order chi connectivity index (χ0) is 35.0. The van der Waals surface area contributed by atoms with E-state index < -0.39 is 49.2 Å². The molecule has 12 heteroatoms. The van der Waals surface area contributed by atoms with Crippen LogP contribution >= 0.6 is 11.6 Å². The van der Waals surface area contributed by atoms with Crippen molar-refractivity contribution in [2.75, 3.05) is 19.8 Å². The van der Waals surface area contributed by atoms with Crippen LogP contribution < -0.4 is 15.4 Å². The fraction of sp³-hybridized carbons (Fsp3) is 0.514. The molecule has 1 aromatic heterocycles. The van der Waals surface area contributed by atoms with Crippen molar-refractivity contribution in [3.63, 3.8) is 0 Å². The number of carbonyl (C=O) groups is 1. The number of hydrogen-bond donors (Lipinski definition) is 7. The van der Waals surface area contributed by atoms with Gasteiger partial charge in [0.25, 0.3) is 0 Å². The van der Waals surface area contributed by atoms with Crippen LogP contribution in [-0.2, 0) is 16.9 Å². The van der Waals surface area contributed by atoms with Gasteiger partial charge in [0.1, 0.15) is 24.1 Å². The van der Waals surface area contributed by atoms with Gasteiger partial charge in [-0.15, -0.1) is 0 Å². The van der Waals surface area contributed by atoms with Crippen molar-refractivity contribution in [3.8, 4) is 16.9 Å². The van der Waals surface area contributed by atoms with Gasteiger partial charge in [-0.3, -0.25) is 4.98 Å². The molecule has 5 rings (SSSR count). The number of rotatable bonds is 19. The number of para-hydroxylation sites is 1. The Morgan fingerprint density at radius 1 is 1.02 bits per heavy atom. The largest absolute Gasteiger partial charge is 0.490 e. The maximum Gasteiger partial charge on any atom is 0.315 e. The molecule has 49 heavy (non-hydrogen) atoms. The zero-order valence-electron chi connectivity index (χ0n) is 27.8. The minimum atomic E-state index is -1.73. The quantitative estimate of drug-likeness (QED) is 0.0908. The summed E-state index contributed by atoms with van der Waals surface area (Å²) >= 11 is 6.66. The molecule has 2 saturated carbocycles. The molecule has 2 aromatic carbocycles. The number of benzene rings is 2. The van der Waals surface area contributed by atoms with Crippen LogP contribution in [-0.4, -0.2) is 86.8 Å². The number of amides is 2. The Bertz CT molecular complexity index is 1530. The molecule has 1 heterocycles. The number of aliphatic hydroxyl groups is 5. The van der Waals surface area contributed by atoms with Gasteiger partial charge in [0.2, 0.25) is 0 Å². The first-order valence-electron chi connectivity index (χ1n) is 17.1. The predicted molar refractivity (Wildman–Crippen MR) is 185 cm³/mol. The van der Waals surface area contributed by atoms with E-state index in [0.717, 1.165) is 72.1 Å². The number of nitrogens with one attached hydrogen (secondary N) is 2. The summed E-state index contributed by atoms with van der Waals surface area (Å²) in [5, 5.41) is 53.7. The van der Waals surface area contributed by atoms with Gasteiger partial charge in [-0.05, 0) is 79.3 Å². The minimum absolute atomic E-state index is 0.237. The van der Waals surface area contributed by atoms with Crippen molar-refractivity contribution in [1.82, 2.24) is 15.6 Å². The predicted octanol–water partition coefficient (Wildman–Crippen LogP) is 4.16. The fourth-order valence-corrected chi connectivity index (χ4v) is 6.13. The first-order chi connectivity index (χ1) is 23.7. The van der Waals surface area contributed by atoms with E-state index in [0.29, 0.717) is 30.7 Å². The van der Waals surface area contributed by atoms with Gasteiger partial charge in [-0.25, -0.2) is 4.79 Å². The van der Waals surface area contributed by atoms with Gasteiger partial charge in [0, 0.05) is 35.1 Å². The van der Waals surface area contributed by atoms with E-state index in [1.165, 1.54) is 0 Å². The normalized spacial score (nSPS) is 18.2. The maximum atomic E-state index is 12.3. The van der Waals surface area contributed by atoms with Gasteiger partial charge in [-0.1, -0.05) is 55.3 Å².